The van der Waals surface area contributed by atoms with Crippen LogP contribution in [0.15, 0.2) is 46.8 Å². The minimum absolute atomic E-state index is 0.0911. The number of aryl methyl sites for hydroxylation is 1. The second-order valence-electron chi connectivity index (χ2n) is 5.95. The fourth-order valence-corrected chi connectivity index (χ4v) is 3.28. The van der Waals surface area contributed by atoms with Crippen LogP contribution in [0.4, 0.5) is 5.69 Å². The van der Waals surface area contributed by atoms with Gasteiger partial charge in [0.2, 0.25) is 5.91 Å². The normalized spacial score (nSPS) is 10.6. The second-order valence-corrected chi connectivity index (χ2v) is 6.85. The van der Waals surface area contributed by atoms with Crippen LogP contribution in [0.5, 0.6) is 5.75 Å². The first-order valence-corrected chi connectivity index (χ1v) is 9.67. The molecule has 0 aliphatic rings. The molecule has 2 amide bonds. The molecule has 28 heavy (non-hydrogen) atoms. The Bertz CT molecular complexity index is 1040. The van der Waals surface area contributed by atoms with Gasteiger partial charge in [0.25, 0.3) is 11.5 Å². The van der Waals surface area contributed by atoms with Gasteiger partial charge >= 0.3 is 0 Å². The molecule has 0 spiro atoms. The number of aromatic nitrogens is 2. The van der Waals surface area contributed by atoms with Crippen LogP contribution >= 0.6 is 11.3 Å². The molecule has 0 radical (unpaired) electrons. The van der Waals surface area contributed by atoms with E-state index in [0.717, 1.165) is 0 Å². The highest BCUT2D eigenvalue weighted by atomic mass is 32.1. The zero-order chi connectivity index (χ0) is 19.9. The van der Waals surface area contributed by atoms with Gasteiger partial charge in [0, 0.05) is 31.3 Å². The van der Waals surface area contributed by atoms with E-state index in [4.69, 9.17) is 4.74 Å². The summed E-state index contributed by atoms with van der Waals surface area (Å²) in [6.45, 7) is 2.51. The number of amides is 2. The summed E-state index contributed by atoms with van der Waals surface area (Å²) in [5.74, 6) is 0.0316. The number of thiophene rings is 1. The Morgan fingerprint density at radius 1 is 1.25 bits per heavy atom. The number of nitrogens with one attached hydrogen (secondary N) is 2. The van der Waals surface area contributed by atoms with E-state index >= 15 is 0 Å². The standard InChI is InChI=1S/C19H20N4O4S/c1-2-20-17(25)11-27-14-5-3-4-13(10-14)22-16(24)6-8-23-12-21-18-15(19(23)26)7-9-28-18/h3-5,7,9-10,12H,2,6,8,11H2,1H3,(H,20,25)(H,22,24). The van der Waals surface area contributed by atoms with E-state index in [0.29, 0.717) is 28.2 Å². The predicted octanol–water partition coefficient (Wildman–Crippen LogP) is 2.00. The van der Waals surface area contributed by atoms with Crippen LogP contribution in [0.25, 0.3) is 10.2 Å². The number of carbonyl (C=O) groups is 2. The van der Waals surface area contributed by atoms with E-state index in [1.807, 2.05) is 12.3 Å². The molecule has 2 N–H and O–H groups in total. The first-order valence-electron chi connectivity index (χ1n) is 8.79. The van der Waals surface area contributed by atoms with Crippen molar-refractivity contribution in [2.24, 2.45) is 0 Å². The Balaban J connectivity index is 1.55. The molecule has 0 saturated carbocycles. The number of carbonyl (C=O) groups excluding carboxylic acids is 2. The molecular formula is C19H20N4O4S. The summed E-state index contributed by atoms with van der Waals surface area (Å²) >= 11 is 1.41. The van der Waals surface area contributed by atoms with Crippen molar-refractivity contribution >= 4 is 39.1 Å². The molecule has 0 unspecified atom stereocenters. The van der Waals surface area contributed by atoms with Gasteiger partial charge in [0.15, 0.2) is 6.61 Å². The third-order valence-corrected chi connectivity index (χ3v) is 4.71. The van der Waals surface area contributed by atoms with Crippen LogP contribution in [0.3, 0.4) is 0 Å². The number of hydrogen-bond donors (Lipinski definition) is 2. The summed E-state index contributed by atoms with van der Waals surface area (Å²) in [6, 6.07) is 8.53. The Morgan fingerprint density at radius 2 is 2.11 bits per heavy atom. The molecule has 3 aromatic rings. The SMILES string of the molecule is CCNC(=O)COc1cccc(NC(=O)CCn2cnc3sccc3c2=O)c1. The van der Waals surface area contributed by atoms with Crippen LogP contribution in [0.1, 0.15) is 13.3 Å². The highest BCUT2D eigenvalue weighted by Crippen LogP contribution is 2.17. The maximum Gasteiger partial charge on any atom is 0.262 e. The van der Waals surface area contributed by atoms with E-state index in [1.165, 1.54) is 22.2 Å². The average Bonchev–Trinajstić information content (AvgIpc) is 3.16. The third kappa shape index (κ3) is 4.95. The maximum absolute atomic E-state index is 12.3. The van der Waals surface area contributed by atoms with Crippen molar-refractivity contribution in [3.63, 3.8) is 0 Å². The van der Waals surface area contributed by atoms with Gasteiger partial charge in [0.1, 0.15) is 10.6 Å². The lowest BCUT2D eigenvalue weighted by atomic mass is 10.3. The van der Waals surface area contributed by atoms with Crippen molar-refractivity contribution in [3.8, 4) is 5.75 Å². The van der Waals surface area contributed by atoms with E-state index < -0.39 is 0 Å². The Kier molecular flexibility index (Phi) is 6.38. The van der Waals surface area contributed by atoms with E-state index in [9.17, 15) is 14.4 Å². The first kappa shape index (κ1) is 19.6. The van der Waals surface area contributed by atoms with Crippen LogP contribution < -0.4 is 20.9 Å². The number of nitrogens with zero attached hydrogens (tertiary/aromatic N) is 2. The van der Waals surface area contributed by atoms with Crippen LogP contribution in [0, 0.1) is 0 Å². The fraction of sp³-hybridized carbons (Fsp3) is 0.263. The molecule has 0 atom stereocenters. The summed E-state index contributed by atoms with van der Waals surface area (Å²) in [5.41, 5.74) is 0.400. The Morgan fingerprint density at radius 3 is 2.93 bits per heavy atom. The van der Waals surface area contributed by atoms with Crippen molar-refractivity contribution in [2.75, 3.05) is 18.5 Å². The lowest BCUT2D eigenvalue weighted by Gasteiger charge is -2.10. The van der Waals surface area contributed by atoms with Gasteiger partial charge in [-0.05, 0) is 30.5 Å². The molecule has 8 nitrogen and oxygen atoms in total. The van der Waals surface area contributed by atoms with Gasteiger partial charge in [-0.25, -0.2) is 4.98 Å². The van der Waals surface area contributed by atoms with Gasteiger partial charge in [-0.1, -0.05) is 6.07 Å². The minimum Gasteiger partial charge on any atom is -0.484 e. The highest BCUT2D eigenvalue weighted by molar-refractivity contribution is 7.16. The van der Waals surface area contributed by atoms with Crippen molar-refractivity contribution in [2.45, 2.75) is 19.9 Å². The molecule has 0 aliphatic carbocycles. The van der Waals surface area contributed by atoms with Crippen molar-refractivity contribution in [3.05, 3.63) is 52.4 Å². The zero-order valence-electron chi connectivity index (χ0n) is 15.3. The number of rotatable bonds is 8. The van der Waals surface area contributed by atoms with Crippen LogP contribution in [-0.2, 0) is 16.1 Å². The smallest absolute Gasteiger partial charge is 0.262 e. The quantitative estimate of drug-likeness (QED) is 0.602. The predicted molar refractivity (Wildman–Crippen MR) is 108 cm³/mol. The fourth-order valence-electron chi connectivity index (χ4n) is 2.56. The third-order valence-electron chi connectivity index (χ3n) is 3.89. The molecule has 0 aliphatic heterocycles. The van der Waals surface area contributed by atoms with Gasteiger partial charge in [0.05, 0.1) is 11.7 Å². The molecule has 146 valence electrons. The van der Waals surface area contributed by atoms with Crippen molar-refractivity contribution in [1.82, 2.24) is 14.9 Å². The van der Waals surface area contributed by atoms with Crippen molar-refractivity contribution < 1.29 is 14.3 Å². The molecule has 0 fully saturated rings. The number of anilines is 1. The van der Waals surface area contributed by atoms with Gasteiger partial charge in [-0.2, -0.15) is 0 Å². The second kappa shape index (κ2) is 9.14. The summed E-state index contributed by atoms with van der Waals surface area (Å²) in [4.78, 5) is 40.9. The monoisotopic (exact) mass is 400 g/mol. The summed E-state index contributed by atoms with van der Waals surface area (Å²) in [6.07, 6.45) is 1.59. The summed E-state index contributed by atoms with van der Waals surface area (Å²) in [7, 11) is 0. The summed E-state index contributed by atoms with van der Waals surface area (Å²) in [5, 5.41) is 7.78. The van der Waals surface area contributed by atoms with Gasteiger partial charge < -0.3 is 15.4 Å². The number of hydrogen-bond acceptors (Lipinski definition) is 6. The Hall–Kier alpha value is -3.20. The zero-order valence-corrected chi connectivity index (χ0v) is 16.1. The largest absolute Gasteiger partial charge is 0.484 e. The van der Waals surface area contributed by atoms with Crippen LogP contribution in [-0.4, -0.2) is 34.5 Å². The molecule has 2 aromatic heterocycles. The van der Waals surface area contributed by atoms with E-state index in [1.54, 1.807) is 30.3 Å². The topological polar surface area (TPSA) is 102 Å². The average molecular weight is 400 g/mol. The number of ether oxygens (including phenoxy) is 1. The molecule has 9 heteroatoms. The minimum atomic E-state index is -0.238. The molecule has 1 aromatic carbocycles. The lowest BCUT2D eigenvalue weighted by Crippen LogP contribution is -2.28. The molecule has 3 rings (SSSR count). The molecule has 2 heterocycles. The number of benzene rings is 1. The lowest BCUT2D eigenvalue weighted by molar-refractivity contribution is -0.123. The first-order chi connectivity index (χ1) is 13.6. The van der Waals surface area contributed by atoms with E-state index in [2.05, 4.69) is 15.6 Å². The molecule has 0 bridgehead atoms. The highest BCUT2D eigenvalue weighted by Gasteiger charge is 2.08. The van der Waals surface area contributed by atoms with Gasteiger partial charge in [-0.15, -0.1) is 11.3 Å². The molecule has 0 saturated heterocycles. The maximum atomic E-state index is 12.3. The Labute approximate surface area is 165 Å². The van der Waals surface area contributed by atoms with Crippen molar-refractivity contribution in [1.29, 1.82) is 0 Å². The van der Waals surface area contributed by atoms with Crippen LogP contribution in [0.2, 0.25) is 0 Å². The number of fused-ring (bicyclic) bond motifs is 1. The number of likely N-dealkylation sites (N-methyl/N-ethyl adjacent to an activating group) is 1. The van der Waals surface area contributed by atoms with Gasteiger partial charge in [-0.3, -0.25) is 19.0 Å². The molecular weight excluding hydrogens is 380 g/mol. The summed E-state index contributed by atoms with van der Waals surface area (Å²) < 4.78 is 6.84. The van der Waals surface area contributed by atoms with E-state index in [-0.39, 0.29) is 36.9 Å².